The van der Waals surface area contributed by atoms with Crippen LogP contribution in [0.2, 0.25) is 0 Å². The number of nitrogens with zero attached hydrogens (tertiary/aromatic N) is 3. The molecular formula is C22H21N5. The predicted octanol–water partition coefficient (Wildman–Crippen LogP) is 3.64. The molecule has 0 spiro atoms. The molecule has 1 aliphatic heterocycles. The van der Waals surface area contributed by atoms with Gasteiger partial charge in [-0.15, -0.1) is 0 Å². The van der Waals surface area contributed by atoms with E-state index in [1.54, 1.807) is 0 Å². The van der Waals surface area contributed by atoms with Gasteiger partial charge in [-0.3, -0.25) is 4.98 Å². The van der Waals surface area contributed by atoms with Gasteiger partial charge in [0.1, 0.15) is 5.82 Å². The third kappa shape index (κ3) is 2.72. The van der Waals surface area contributed by atoms with Gasteiger partial charge in [0.25, 0.3) is 0 Å². The summed E-state index contributed by atoms with van der Waals surface area (Å²) in [5.74, 6) is 1.22. The maximum Gasteiger partial charge on any atom is 0.116 e. The van der Waals surface area contributed by atoms with E-state index in [9.17, 15) is 0 Å². The zero-order valence-electron chi connectivity index (χ0n) is 15.1. The molecule has 1 aliphatic rings. The third-order valence-corrected chi connectivity index (χ3v) is 5.46. The Hall–Kier alpha value is -3.02. The van der Waals surface area contributed by atoms with Crippen LogP contribution in [-0.4, -0.2) is 14.5 Å². The highest BCUT2D eigenvalue weighted by molar-refractivity contribution is 5.76. The van der Waals surface area contributed by atoms with E-state index < -0.39 is 0 Å². The van der Waals surface area contributed by atoms with Gasteiger partial charge in [0, 0.05) is 19.4 Å². The first-order valence-electron chi connectivity index (χ1n) is 9.20. The lowest BCUT2D eigenvalue weighted by Gasteiger charge is -2.23. The van der Waals surface area contributed by atoms with E-state index in [0.717, 1.165) is 16.9 Å². The number of benzene rings is 2. The zero-order valence-corrected chi connectivity index (χ0v) is 15.1. The lowest BCUT2D eigenvalue weighted by molar-refractivity contribution is 0.511. The van der Waals surface area contributed by atoms with Crippen molar-refractivity contribution in [3.05, 3.63) is 96.1 Å². The molecule has 0 radical (unpaired) electrons. The van der Waals surface area contributed by atoms with E-state index in [1.807, 2.05) is 18.5 Å². The van der Waals surface area contributed by atoms with Crippen molar-refractivity contribution in [1.29, 1.82) is 0 Å². The van der Waals surface area contributed by atoms with Crippen LogP contribution < -0.4 is 10.9 Å². The number of imidazole rings is 1. The molecule has 3 unspecified atom stereocenters. The first kappa shape index (κ1) is 16.2. The fourth-order valence-electron chi connectivity index (χ4n) is 4.12. The highest BCUT2D eigenvalue weighted by atomic mass is 15.4. The van der Waals surface area contributed by atoms with Crippen LogP contribution in [-0.2, 0) is 7.05 Å². The second kappa shape index (κ2) is 6.61. The number of fused-ring (bicyclic) bond motifs is 1. The van der Waals surface area contributed by atoms with Crippen molar-refractivity contribution < 1.29 is 0 Å². The first-order valence-corrected chi connectivity index (χ1v) is 9.20. The minimum atomic E-state index is 0.105. The average Bonchev–Trinajstić information content (AvgIpc) is 3.31. The van der Waals surface area contributed by atoms with E-state index in [4.69, 9.17) is 4.98 Å². The Bertz CT molecular complexity index is 1010. The van der Waals surface area contributed by atoms with Gasteiger partial charge < -0.3 is 4.57 Å². The van der Waals surface area contributed by atoms with Gasteiger partial charge in [-0.25, -0.2) is 15.8 Å². The monoisotopic (exact) mass is 355 g/mol. The quantitative estimate of drug-likeness (QED) is 0.589. The summed E-state index contributed by atoms with van der Waals surface area (Å²) in [5, 5.41) is 0. The molecule has 0 bridgehead atoms. The van der Waals surface area contributed by atoms with Crippen LogP contribution >= 0.6 is 0 Å². The Labute approximate surface area is 158 Å². The lowest BCUT2D eigenvalue weighted by Crippen LogP contribution is -2.26. The summed E-state index contributed by atoms with van der Waals surface area (Å²) in [4.78, 5) is 9.19. The van der Waals surface area contributed by atoms with Crippen LogP contribution in [0.5, 0.6) is 0 Å². The van der Waals surface area contributed by atoms with Crippen molar-refractivity contribution in [2.75, 3.05) is 0 Å². The summed E-state index contributed by atoms with van der Waals surface area (Å²) in [6.45, 7) is 0. The molecule has 0 aliphatic carbocycles. The second-order valence-corrected chi connectivity index (χ2v) is 6.98. The Morgan fingerprint density at radius 2 is 1.41 bits per heavy atom. The normalized spacial score (nSPS) is 22.3. The lowest BCUT2D eigenvalue weighted by atomic mass is 9.85. The van der Waals surface area contributed by atoms with Gasteiger partial charge in [-0.1, -0.05) is 42.5 Å². The largest absolute Gasteiger partial charge is 0.331 e. The second-order valence-electron chi connectivity index (χ2n) is 6.98. The fourth-order valence-corrected chi connectivity index (χ4v) is 4.12. The first-order chi connectivity index (χ1) is 13.3. The summed E-state index contributed by atoms with van der Waals surface area (Å²) >= 11 is 0. The van der Waals surface area contributed by atoms with E-state index in [1.165, 1.54) is 11.1 Å². The van der Waals surface area contributed by atoms with Gasteiger partial charge in [-0.2, -0.15) is 0 Å². The molecular weight excluding hydrogens is 334 g/mol. The van der Waals surface area contributed by atoms with Crippen LogP contribution in [0.15, 0.2) is 79.1 Å². The number of hydrazine groups is 1. The van der Waals surface area contributed by atoms with Gasteiger partial charge >= 0.3 is 0 Å². The molecule has 0 saturated carbocycles. The number of aryl methyl sites for hydroxylation is 1. The van der Waals surface area contributed by atoms with E-state index in [-0.39, 0.29) is 18.0 Å². The minimum Gasteiger partial charge on any atom is -0.331 e. The molecule has 3 heterocycles. The minimum absolute atomic E-state index is 0.105. The van der Waals surface area contributed by atoms with Gasteiger partial charge in [-0.05, 0) is 35.4 Å². The number of hydrogen-bond donors (Lipinski definition) is 2. The molecule has 5 rings (SSSR count). The van der Waals surface area contributed by atoms with Crippen LogP contribution in [0.1, 0.15) is 35.0 Å². The van der Waals surface area contributed by atoms with Crippen LogP contribution in [0.3, 0.4) is 0 Å². The molecule has 1 fully saturated rings. The number of rotatable bonds is 3. The molecule has 2 N–H and O–H groups in total. The summed E-state index contributed by atoms with van der Waals surface area (Å²) in [6, 6.07) is 23.2. The summed E-state index contributed by atoms with van der Waals surface area (Å²) in [5.41, 5.74) is 11.7. The molecule has 5 nitrogen and oxygen atoms in total. The van der Waals surface area contributed by atoms with Crippen molar-refractivity contribution >= 4 is 11.0 Å². The van der Waals surface area contributed by atoms with Gasteiger partial charge in [0.2, 0.25) is 0 Å². The van der Waals surface area contributed by atoms with Gasteiger partial charge in [0.05, 0.1) is 29.0 Å². The molecule has 4 aromatic rings. The number of para-hydroxylation sites is 2. The van der Waals surface area contributed by atoms with Crippen LogP contribution in [0.4, 0.5) is 0 Å². The number of pyridine rings is 1. The molecule has 27 heavy (non-hydrogen) atoms. The Kier molecular flexibility index (Phi) is 3.96. The maximum atomic E-state index is 5.01. The number of nitrogens with one attached hydrogen (secondary N) is 2. The Morgan fingerprint density at radius 1 is 0.778 bits per heavy atom. The maximum absolute atomic E-state index is 5.01. The molecule has 3 atom stereocenters. The Morgan fingerprint density at radius 3 is 2.11 bits per heavy atom. The van der Waals surface area contributed by atoms with E-state index >= 15 is 0 Å². The molecule has 0 amide bonds. The SMILES string of the molecule is Cn1c(C2C(c3ccccc3)NNC2c2ccncc2)nc2ccccc21. The fraction of sp³-hybridized carbons (Fsp3) is 0.182. The van der Waals surface area contributed by atoms with Crippen LogP contribution in [0, 0.1) is 0 Å². The summed E-state index contributed by atoms with van der Waals surface area (Å²) in [7, 11) is 2.11. The molecule has 2 aromatic carbocycles. The summed E-state index contributed by atoms with van der Waals surface area (Å²) in [6.07, 6.45) is 3.69. The standard InChI is InChI=1S/C22H21N5/c1-27-18-10-6-5-9-17(18)24-22(27)19-20(15-7-3-2-4-8-15)25-26-21(19)16-11-13-23-14-12-16/h2-14,19-21,25-26H,1H3. The molecule has 5 heteroatoms. The van der Waals surface area contributed by atoms with Crippen molar-refractivity contribution in [2.24, 2.45) is 7.05 Å². The predicted molar refractivity (Wildman–Crippen MR) is 106 cm³/mol. The number of aromatic nitrogens is 3. The van der Waals surface area contributed by atoms with Crippen molar-refractivity contribution in [2.45, 2.75) is 18.0 Å². The van der Waals surface area contributed by atoms with E-state index in [2.05, 4.69) is 88.1 Å². The van der Waals surface area contributed by atoms with E-state index in [0.29, 0.717) is 0 Å². The topological polar surface area (TPSA) is 54.8 Å². The third-order valence-electron chi connectivity index (χ3n) is 5.46. The molecule has 1 saturated heterocycles. The van der Waals surface area contributed by atoms with Crippen molar-refractivity contribution in [1.82, 2.24) is 25.4 Å². The van der Waals surface area contributed by atoms with Crippen LogP contribution in [0.25, 0.3) is 11.0 Å². The van der Waals surface area contributed by atoms with Gasteiger partial charge in [0.15, 0.2) is 0 Å². The zero-order chi connectivity index (χ0) is 18.2. The summed E-state index contributed by atoms with van der Waals surface area (Å²) < 4.78 is 2.22. The smallest absolute Gasteiger partial charge is 0.116 e. The average molecular weight is 355 g/mol. The van der Waals surface area contributed by atoms with Crippen molar-refractivity contribution in [3.8, 4) is 0 Å². The Balaban J connectivity index is 1.67. The molecule has 134 valence electrons. The highest BCUT2D eigenvalue weighted by Crippen LogP contribution is 2.44. The number of hydrogen-bond acceptors (Lipinski definition) is 4. The highest BCUT2D eigenvalue weighted by Gasteiger charge is 2.41. The van der Waals surface area contributed by atoms with Crippen molar-refractivity contribution in [3.63, 3.8) is 0 Å². The molecule has 2 aromatic heterocycles.